The summed E-state index contributed by atoms with van der Waals surface area (Å²) >= 11 is 0. The number of rotatable bonds is 3. The van der Waals surface area contributed by atoms with Crippen molar-refractivity contribution in [2.45, 2.75) is 13.0 Å². The largest absolute Gasteiger partial charge is 0.473 e. The molecular weight excluding hydrogens is 240 g/mol. The third-order valence-corrected chi connectivity index (χ3v) is 3.07. The van der Waals surface area contributed by atoms with Crippen molar-refractivity contribution in [3.8, 4) is 5.88 Å². The molecule has 0 unspecified atom stereocenters. The zero-order chi connectivity index (χ0) is 13.1. The van der Waals surface area contributed by atoms with Gasteiger partial charge in [0, 0.05) is 19.0 Å². The number of carbonyl (C=O) groups excluding carboxylic acids is 1. The number of pyridine rings is 1. The number of aromatic nitrogens is 1. The van der Waals surface area contributed by atoms with E-state index in [1.54, 1.807) is 12.1 Å². The minimum absolute atomic E-state index is 0.0524. The van der Waals surface area contributed by atoms with Gasteiger partial charge in [-0.15, -0.1) is 0 Å². The van der Waals surface area contributed by atoms with Gasteiger partial charge in [-0.1, -0.05) is 30.3 Å². The third kappa shape index (κ3) is 2.57. The van der Waals surface area contributed by atoms with Crippen LogP contribution in [0.4, 0.5) is 0 Å². The lowest BCUT2D eigenvalue weighted by Gasteiger charge is -2.16. The zero-order valence-electron chi connectivity index (χ0n) is 10.4. The lowest BCUT2D eigenvalue weighted by Crippen LogP contribution is -2.32. The Hall–Kier alpha value is -2.36. The number of benzene rings is 1. The van der Waals surface area contributed by atoms with Gasteiger partial charge in [-0.25, -0.2) is 4.98 Å². The van der Waals surface area contributed by atoms with E-state index in [4.69, 9.17) is 4.74 Å². The molecule has 0 radical (unpaired) electrons. The molecule has 2 aromatic rings. The summed E-state index contributed by atoms with van der Waals surface area (Å²) < 4.78 is 5.65. The van der Waals surface area contributed by atoms with Crippen LogP contribution in [-0.2, 0) is 13.0 Å². The predicted octanol–water partition coefficient (Wildman–Crippen LogP) is 1.95. The van der Waals surface area contributed by atoms with Gasteiger partial charge in [-0.2, -0.15) is 0 Å². The highest BCUT2D eigenvalue weighted by Crippen LogP contribution is 2.17. The van der Waals surface area contributed by atoms with Gasteiger partial charge in [0.15, 0.2) is 0 Å². The summed E-state index contributed by atoms with van der Waals surface area (Å²) in [5, 5.41) is 2.80. The Bertz CT molecular complexity index is 596. The van der Waals surface area contributed by atoms with Gasteiger partial charge in [0.2, 0.25) is 5.88 Å². The molecule has 19 heavy (non-hydrogen) atoms. The van der Waals surface area contributed by atoms with E-state index < -0.39 is 0 Å². The van der Waals surface area contributed by atoms with Gasteiger partial charge in [-0.05, 0) is 11.6 Å². The minimum atomic E-state index is -0.0524. The van der Waals surface area contributed by atoms with Crippen LogP contribution in [-0.4, -0.2) is 17.4 Å². The average Bonchev–Trinajstić information content (AvgIpc) is 2.46. The van der Waals surface area contributed by atoms with E-state index in [0.29, 0.717) is 24.6 Å². The second-order valence-corrected chi connectivity index (χ2v) is 4.42. The summed E-state index contributed by atoms with van der Waals surface area (Å²) in [6.07, 6.45) is 0.754. The maximum absolute atomic E-state index is 11.6. The van der Waals surface area contributed by atoms with E-state index in [2.05, 4.69) is 10.3 Å². The fourth-order valence-electron chi connectivity index (χ4n) is 2.08. The molecule has 0 bridgehead atoms. The molecule has 0 aliphatic carbocycles. The van der Waals surface area contributed by atoms with Gasteiger partial charge in [0.05, 0.1) is 11.3 Å². The molecule has 4 nitrogen and oxygen atoms in total. The smallest absolute Gasteiger partial charge is 0.253 e. The SMILES string of the molecule is O=C1NCCc2nc(OCc3ccccc3)ccc21. The second-order valence-electron chi connectivity index (χ2n) is 4.42. The molecule has 0 fully saturated rings. The summed E-state index contributed by atoms with van der Waals surface area (Å²) in [7, 11) is 0. The van der Waals surface area contributed by atoms with Gasteiger partial charge in [-0.3, -0.25) is 4.79 Å². The van der Waals surface area contributed by atoms with Crippen molar-refractivity contribution >= 4 is 5.91 Å². The molecule has 1 aliphatic rings. The van der Waals surface area contributed by atoms with E-state index >= 15 is 0 Å². The number of hydrogen-bond donors (Lipinski definition) is 1. The Labute approximate surface area is 111 Å². The Balaban J connectivity index is 1.74. The molecule has 4 heteroatoms. The molecule has 1 N–H and O–H groups in total. The normalized spacial score (nSPS) is 13.6. The molecule has 0 spiro atoms. The van der Waals surface area contributed by atoms with Crippen LogP contribution in [0.15, 0.2) is 42.5 Å². The maximum Gasteiger partial charge on any atom is 0.253 e. The number of nitrogens with zero attached hydrogens (tertiary/aromatic N) is 1. The van der Waals surface area contributed by atoms with Crippen LogP contribution in [0.3, 0.4) is 0 Å². The molecule has 0 atom stereocenters. The molecule has 2 heterocycles. The zero-order valence-corrected chi connectivity index (χ0v) is 10.4. The lowest BCUT2D eigenvalue weighted by molar-refractivity contribution is 0.0944. The summed E-state index contributed by atoms with van der Waals surface area (Å²) in [5.74, 6) is 0.515. The van der Waals surface area contributed by atoms with Crippen LogP contribution in [0.2, 0.25) is 0 Å². The first kappa shape index (κ1) is 11.7. The standard InChI is InChI=1S/C15H14N2O2/c18-15-12-6-7-14(17-13(12)8-9-16-15)19-10-11-4-2-1-3-5-11/h1-7H,8-10H2,(H,16,18). The Morgan fingerprint density at radius 2 is 2.00 bits per heavy atom. The van der Waals surface area contributed by atoms with E-state index in [0.717, 1.165) is 17.7 Å². The highest BCUT2D eigenvalue weighted by atomic mass is 16.5. The fourth-order valence-corrected chi connectivity index (χ4v) is 2.08. The van der Waals surface area contributed by atoms with Crippen molar-refractivity contribution in [3.63, 3.8) is 0 Å². The van der Waals surface area contributed by atoms with Crippen molar-refractivity contribution in [1.82, 2.24) is 10.3 Å². The van der Waals surface area contributed by atoms with Crippen molar-refractivity contribution in [1.29, 1.82) is 0 Å². The highest BCUT2D eigenvalue weighted by Gasteiger charge is 2.18. The number of hydrogen-bond acceptors (Lipinski definition) is 3. The van der Waals surface area contributed by atoms with Crippen LogP contribution in [0.25, 0.3) is 0 Å². The maximum atomic E-state index is 11.6. The fraction of sp³-hybridized carbons (Fsp3) is 0.200. The second kappa shape index (κ2) is 5.10. The van der Waals surface area contributed by atoms with E-state index in [9.17, 15) is 4.79 Å². The molecule has 0 saturated carbocycles. The number of nitrogens with one attached hydrogen (secondary N) is 1. The summed E-state index contributed by atoms with van der Waals surface area (Å²) in [5.41, 5.74) is 2.56. The van der Waals surface area contributed by atoms with Gasteiger partial charge < -0.3 is 10.1 Å². The van der Waals surface area contributed by atoms with E-state index in [1.807, 2.05) is 30.3 Å². The van der Waals surface area contributed by atoms with Crippen molar-refractivity contribution < 1.29 is 9.53 Å². The Kier molecular flexibility index (Phi) is 3.14. The topological polar surface area (TPSA) is 51.2 Å². The first-order valence-electron chi connectivity index (χ1n) is 6.28. The molecule has 0 saturated heterocycles. The third-order valence-electron chi connectivity index (χ3n) is 3.07. The van der Waals surface area contributed by atoms with Crippen molar-refractivity contribution in [3.05, 3.63) is 59.3 Å². The van der Waals surface area contributed by atoms with Crippen LogP contribution >= 0.6 is 0 Å². The molecule has 1 aliphatic heterocycles. The van der Waals surface area contributed by atoms with E-state index in [1.165, 1.54) is 0 Å². The molecule has 1 aromatic carbocycles. The van der Waals surface area contributed by atoms with Gasteiger partial charge in [0.1, 0.15) is 6.61 Å². The number of ether oxygens (including phenoxy) is 1. The molecule has 96 valence electrons. The predicted molar refractivity (Wildman–Crippen MR) is 71.0 cm³/mol. The molecule has 1 aromatic heterocycles. The summed E-state index contributed by atoms with van der Waals surface area (Å²) in [4.78, 5) is 16.0. The van der Waals surface area contributed by atoms with Gasteiger partial charge in [0.25, 0.3) is 5.91 Å². The number of fused-ring (bicyclic) bond motifs is 1. The lowest BCUT2D eigenvalue weighted by atomic mass is 10.1. The van der Waals surface area contributed by atoms with Gasteiger partial charge >= 0.3 is 0 Å². The number of carbonyl (C=O) groups is 1. The van der Waals surface area contributed by atoms with Crippen molar-refractivity contribution in [2.24, 2.45) is 0 Å². The van der Waals surface area contributed by atoms with Crippen LogP contribution in [0.5, 0.6) is 5.88 Å². The summed E-state index contributed by atoms with van der Waals surface area (Å²) in [6, 6.07) is 13.5. The Morgan fingerprint density at radius 1 is 1.16 bits per heavy atom. The van der Waals surface area contributed by atoms with E-state index in [-0.39, 0.29) is 5.91 Å². The Morgan fingerprint density at radius 3 is 2.84 bits per heavy atom. The first-order chi connectivity index (χ1) is 9.33. The number of amides is 1. The van der Waals surface area contributed by atoms with Crippen LogP contribution in [0.1, 0.15) is 21.6 Å². The quantitative estimate of drug-likeness (QED) is 0.910. The van der Waals surface area contributed by atoms with Crippen LogP contribution in [0, 0.1) is 0 Å². The minimum Gasteiger partial charge on any atom is -0.473 e. The summed E-state index contributed by atoms with van der Waals surface area (Å²) in [6.45, 7) is 1.12. The molecule has 3 rings (SSSR count). The monoisotopic (exact) mass is 254 g/mol. The first-order valence-corrected chi connectivity index (χ1v) is 6.28. The molecular formula is C15H14N2O2. The average molecular weight is 254 g/mol. The van der Waals surface area contributed by atoms with Crippen LogP contribution < -0.4 is 10.1 Å². The highest BCUT2D eigenvalue weighted by molar-refractivity contribution is 5.96. The molecule has 1 amide bonds. The van der Waals surface area contributed by atoms with Crippen molar-refractivity contribution in [2.75, 3.05) is 6.54 Å².